The zero-order valence-corrected chi connectivity index (χ0v) is 10.4. The highest BCUT2D eigenvalue weighted by Crippen LogP contribution is 2.30. The van der Waals surface area contributed by atoms with Crippen LogP contribution >= 0.6 is 11.6 Å². The molecule has 0 fully saturated rings. The van der Waals surface area contributed by atoms with Crippen LogP contribution in [0.2, 0.25) is 5.02 Å². The summed E-state index contributed by atoms with van der Waals surface area (Å²) in [7, 11) is 0. The minimum atomic E-state index is -0.668. The highest BCUT2D eigenvalue weighted by atomic mass is 35.5. The van der Waals surface area contributed by atoms with E-state index in [1.165, 1.54) is 12.1 Å². The summed E-state index contributed by atoms with van der Waals surface area (Å²) in [6, 6.07) is 11.0. The van der Waals surface area contributed by atoms with Gasteiger partial charge in [-0.3, -0.25) is 0 Å². The van der Waals surface area contributed by atoms with Gasteiger partial charge in [0.2, 0.25) is 0 Å². The van der Waals surface area contributed by atoms with Gasteiger partial charge in [-0.2, -0.15) is 0 Å². The van der Waals surface area contributed by atoms with Crippen molar-refractivity contribution in [2.45, 2.75) is 0 Å². The fourth-order valence-electron chi connectivity index (χ4n) is 1.50. The van der Waals surface area contributed by atoms with Crippen LogP contribution in [-0.2, 0) is 0 Å². The number of para-hydroxylation sites is 1. The zero-order valence-electron chi connectivity index (χ0n) is 9.68. The maximum Gasteiger partial charge on any atom is 0.184 e. The maximum atomic E-state index is 13.7. The van der Waals surface area contributed by atoms with Crippen LogP contribution in [0.25, 0.3) is 0 Å². The van der Waals surface area contributed by atoms with E-state index in [-0.39, 0.29) is 22.4 Å². The molecule has 4 nitrogen and oxygen atoms in total. The summed E-state index contributed by atoms with van der Waals surface area (Å²) in [5, 5.41) is 11.5. The molecule has 0 aromatic heterocycles. The van der Waals surface area contributed by atoms with Gasteiger partial charge in [-0.1, -0.05) is 35.0 Å². The van der Waals surface area contributed by atoms with Crippen molar-refractivity contribution in [3.8, 4) is 11.5 Å². The Labute approximate surface area is 113 Å². The maximum absolute atomic E-state index is 13.7. The summed E-state index contributed by atoms with van der Waals surface area (Å²) in [6.45, 7) is 0. The summed E-state index contributed by atoms with van der Waals surface area (Å²) in [5.41, 5.74) is 5.87. The van der Waals surface area contributed by atoms with Crippen molar-refractivity contribution in [3.63, 3.8) is 0 Å². The molecule has 2 aromatic rings. The van der Waals surface area contributed by atoms with E-state index in [0.717, 1.165) is 0 Å². The highest BCUT2D eigenvalue weighted by Gasteiger charge is 2.12. The topological polar surface area (TPSA) is 67.8 Å². The summed E-state index contributed by atoms with van der Waals surface area (Å²) >= 11 is 5.67. The summed E-state index contributed by atoms with van der Waals surface area (Å²) in [6.07, 6.45) is 0. The van der Waals surface area contributed by atoms with E-state index in [2.05, 4.69) is 5.16 Å². The van der Waals surface area contributed by atoms with E-state index < -0.39 is 5.82 Å². The van der Waals surface area contributed by atoms with Crippen molar-refractivity contribution in [1.29, 1.82) is 0 Å². The van der Waals surface area contributed by atoms with Crippen LogP contribution in [0.1, 0.15) is 5.56 Å². The van der Waals surface area contributed by atoms with E-state index in [0.29, 0.717) is 5.56 Å². The predicted octanol–water partition coefficient (Wildman–Crippen LogP) is 3.37. The Morgan fingerprint density at radius 1 is 1.16 bits per heavy atom. The van der Waals surface area contributed by atoms with Crippen molar-refractivity contribution in [2.75, 3.05) is 0 Å². The number of rotatable bonds is 3. The molecule has 2 rings (SSSR count). The lowest BCUT2D eigenvalue weighted by molar-refractivity contribution is 0.318. The lowest BCUT2D eigenvalue weighted by Crippen LogP contribution is -2.14. The van der Waals surface area contributed by atoms with Crippen LogP contribution in [-0.4, -0.2) is 11.0 Å². The molecular weight excluding hydrogens is 271 g/mol. The second kappa shape index (κ2) is 5.58. The van der Waals surface area contributed by atoms with Crippen molar-refractivity contribution < 1.29 is 14.3 Å². The quantitative estimate of drug-likeness (QED) is 0.392. The molecule has 0 saturated heterocycles. The summed E-state index contributed by atoms with van der Waals surface area (Å²) in [5.74, 6) is -0.568. The number of ether oxygens (including phenoxy) is 1. The third kappa shape index (κ3) is 2.77. The molecule has 6 heteroatoms. The lowest BCUT2D eigenvalue weighted by atomic mass is 10.2. The second-order valence-corrected chi connectivity index (χ2v) is 4.04. The van der Waals surface area contributed by atoms with Gasteiger partial charge in [-0.25, -0.2) is 4.39 Å². The Morgan fingerprint density at radius 3 is 2.58 bits per heavy atom. The zero-order chi connectivity index (χ0) is 13.8. The molecule has 3 N–H and O–H groups in total. The van der Waals surface area contributed by atoms with Crippen LogP contribution in [0.5, 0.6) is 11.5 Å². The van der Waals surface area contributed by atoms with E-state index in [9.17, 15) is 4.39 Å². The molecule has 0 aliphatic rings. The molecule has 19 heavy (non-hydrogen) atoms. The monoisotopic (exact) mass is 280 g/mol. The SMILES string of the molecule is N/C(=N/O)c1ccccc1Oc1cccc(Cl)c1F. The van der Waals surface area contributed by atoms with Crippen LogP contribution in [0, 0.1) is 5.82 Å². The third-order valence-corrected chi connectivity index (χ3v) is 2.70. The van der Waals surface area contributed by atoms with Gasteiger partial charge >= 0.3 is 0 Å². The normalized spacial score (nSPS) is 11.4. The van der Waals surface area contributed by atoms with Gasteiger partial charge in [0, 0.05) is 0 Å². The van der Waals surface area contributed by atoms with Gasteiger partial charge in [-0.15, -0.1) is 0 Å². The number of halogens is 2. The molecule has 0 bridgehead atoms. The Morgan fingerprint density at radius 2 is 1.84 bits per heavy atom. The molecular formula is C13H10ClFN2O2. The first-order valence-corrected chi connectivity index (χ1v) is 5.70. The Kier molecular flexibility index (Phi) is 3.87. The van der Waals surface area contributed by atoms with Crippen LogP contribution < -0.4 is 10.5 Å². The number of hydrogen-bond donors (Lipinski definition) is 2. The van der Waals surface area contributed by atoms with Gasteiger partial charge < -0.3 is 15.7 Å². The van der Waals surface area contributed by atoms with E-state index in [1.54, 1.807) is 30.3 Å². The lowest BCUT2D eigenvalue weighted by Gasteiger charge is -2.11. The van der Waals surface area contributed by atoms with E-state index in [1.807, 2.05) is 0 Å². The molecule has 0 spiro atoms. The smallest absolute Gasteiger partial charge is 0.184 e. The molecule has 0 unspecified atom stereocenters. The number of nitrogens with two attached hydrogens (primary N) is 1. The molecule has 2 aromatic carbocycles. The molecule has 0 aliphatic heterocycles. The summed E-state index contributed by atoms with van der Waals surface area (Å²) in [4.78, 5) is 0. The number of benzene rings is 2. The molecule has 0 atom stereocenters. The summed E-state index contributed by atoms with van der Waals surface area (Å²) < 4.78 is 19.1. The van der Waals surface area contributed by atoms with Gasteiger partial charge in [0.1, 0.15) is 5.75 Å². The first-order valence-electron chi connectivity index (χ1n) is 5.32. The first-order chi connectivity index (χ1) is 9.13. The highest BCUT2D eigenvalue weighted by molar-refractivity contribution is 6.30. The fourth-order valence-corrected chi connectivity index (χ4v) is 1.67. The minimum Gasteiger partial charge on any atom is -0.453 e. The van der Waals surface area contributed by atoms with E-state index >= 15 is 0 Å². The third-order valence-electron chi connectivity index (χ3n) is 2.41. The van der Waals surface area contributed by atoms with Crippen molar-refractivity contribution in [2.24, 2.45) is 10.9 Å². The molecule has 0 amide bonds. The number of amidine groups is 1. The predicted molar refractivity (Wildman–Crippen MR) is 70.4 cm³/mol. The number of hydrogen-bond acceptors (Lipinski definition) is 3. The Hall–Kier alpha value is -2.27. The second-order valence-electron chi connectivity index (χ2n) is 3.64. The standard InChI is InChI=1S/C13H10ClFN2O2/c14-9-5-3-7-11(12(9)15)19-10-6-2-1-4-8(10)13(16)17-18/h1-7,18H,(H2,16,17). The van der Waals surface area contributed by atoms with Crippen LogP contribution in [0.4, 0.5) is 4.39 Å². The average Bonchev–Trinajstić information content (AvgIpc) is 2.43. The van der Waals surface area contributed by atoms with Crippen LogP contribution in [0.15, 0.2) is 47.6 Å². The van der Waals surface area contributed by atoms with Gasteiger partial charge in [0.05, 0.1) is 10.6 Å². The van der Waals surface area contributed by atoms with Crippen molar-refractivity contribution >= 4 is 17.4 Å². The van der Waals surface area contributed by atoms with E-state index in [4.69, 9.17) is 27.3 Å². The molecule has 0 radical (unpaired) electrons. The van der Waals surface area contributed by atoms with Gasteiger partial charge in [-0.05, 0) is 24.3 Å². The van der Waals surface area contributed by atoms with Crippen LogP contribution in [0.3, 0.4) is 0 Å². The molecule has 0 aliphatic carbocycles. The molecule has 0 saturated carbocycles. The first kappa shape index (κ1) is 13.2. The number of oxime groups is 1. The largest absolute Gasteiger partial charge is 0.453 e. The number of nitrogens with zero attached hydrogens (tertiary/aromatic N) is 1. The molecule has 0 heterocycles. The Bertz CT molecular complexity index is 632. The van der Waals surface area contributed by atoms with Crippen molar-refractivity contribution in [3.05, 3.63) is 58.9 Å². The average molecular weight is 281 g/mol. The minimum absolute atomic E-state index is 0.0364. The van der Waals surface area contributed by atoms with Crippen molar-refractivity contribution in [1.82, 2.24) is 0 Å². The van der Waals surface area contributed by atoms with Gasteiger partial charge in [0.15, 0.2) is 17.4 Å². The fraction of sp³-hybridized carbons (Fsp3) is 0. The Balaban J connectivity index is 2.42. The molecule has 98 valence electrons. The van der Waals surface area contributed by atoms with Gasteiger partial charge in [0.25, 0.3) is 0 Å².